The predicted molar refractivity (Wildman–Crippen MR) is 66.6 cm³/mol. The Morgan fingerprint density at radius 1 is 1.38 bits per heavy atom. The summed E-state index contributed by atoms with van der Waals surface area (Å²) in [4.78, 5) is 2.65. The number of ether oxygens (including phenoxy) is 1. The van der Waals surface area contributed by atoms with Gasteiger partial charge in [-0.15, -0.1) is 0 Å². The molecule has 16 heavy (non-hydrogen) atoms. The van der Waals surface area contributed by atoms with E-state index in [2.05, 4.69) is 24.2 Å². The molecule has 3 nitrogen and oxygen atoms in total. The molecule has 94 valence electrons. The number of likely N-dealkylation sites (N-methyl/N-ethyl adjacent to an activating group) is 1. The van der Waals surface area contributed by atoms with Gasteiger partial charge < -0.3 is 15.0 Å². The predicted octanol–water partition coefficient (Wildman–Crippen LogP) is 1.34. The summed E-state index contributed by atoms with van der Waals surface area (Å²) in [5.74, 6) is 1.63. The third kappa shape index (κ3) is 2.96. The largest absolute Gasteiger partial charge is 0.379 e. The number of piperidine rings is 1. The van der Waals surface area contributed by atoms with Gasteiger partial charge in [-0.2, -0.15) is 0 Å². The number of hydrogen-bond acceptors (Lipinski definition) is 3. The van der Waals surface area contributed by atoms with Crippen molar-refractivity contribution in [3.05, 3.63) is 0 Å². The van der Waals surface area contributed by atoms with E-state index in [1.54, 1.807) is 0 Å². The highest BCUT2D eigenvalue weighted by Gasteiger charge is 2.30. The van der Waals surface area contributed by atoms with Gasteiger partial charge in [-0.3, -0.25) is 0 Å². The van der Waals surface area contributed by atoms with E-state index < -0.39 is 0 Å². The third-order valence-electron chi connectivity index (χ3n) is 4.24. The Hall–Kier alpha value is -0.120. The Morgan fingerprint density at radius 3 is 3.00 bits per heavy atom. The van der Waals surface area contributed by atoms with Gasteiger partial charge in [0.15, 0.2) is 0 Å². The van der Waals surface area contributed by atoms with Crippen LogP contribution in [0.5, 0.6) is 0 Å². The zero-order valence-corrected chi connectivity index (χ0v) is 10.7. The first kappa shape index (κ1) is 12.3. The number of hydrogen-bond donors (Lipinski definition) is 1. The van der Waals surface area contributed by atoms with E-state index in [9.17, 15) is 0 Å². The molecule has 2 saturated heterocycles. The molecule has 3 heteroatoms. The Bertz CT molecular complexity index is 210. The number of likely N-dealkylation sites (tertiary alicyclic amines) is 1. The highest BCUT2D eigenvalue weighted by molar-refractivity contribution is 4.84. The first-order chi connectivity index (χ1) is 7.83. The number of nitrogens with zero attached hydrogens (tertiary/aromatic N) is 1. The molecule has 0 amide bonds. The fraction of sp³-hybridized carbons (Fsp3) is 1.00. The molecule has 0 spiro atoms. The van der Waals surface area contributed by atoms with E-state index in [1.807, 2.05) is 0 Å². The molecular formula is C13H26N2O. The van der Waals surface area contributed by atoms with Crippen molar-refractivity contribution in [1.29, 1.82) is 0 Å². The highest BCUT2D eigenvalue weighted by Crippen LogP contribution is 2.22. The van der Waals surface area contributed by atoms with Crippen molar-refractivity contribution >= 4 is 0 Å². The Kier molecular flexibility index (Phi) is 4.62. The minimum absolute atomic E-state index is 0.571. The summed E-state index contributed by atoms with van der Waals surface area (Å²) in [6.07, 6.45) is 4.16. The second-order valence-electron chi connectivity index (χ2n) is 5.37. The van der Waals surface area contributed by atoms with Gasteiger partial charge in [0.05, 0.1) is 13.2 Å². The third-order valence-corrected chi connectivity index (χ3v) is 4.24. The molecule has 0 aromatic carbocycles. The molecule has 0 aromatic rings. The van der Waals surface area contributed by atoms with Crippen LogP contribution in [0, 0.1) is 11.8 Å². The average molecular weight is 226 g/mol. The average Bonchev–Trinajstić information content (AvgIpc) is 2.76. The first-order valence-electron chi connectivity index (χ1n) is 6.80. The van der Waals surface area contributed by atoms with Crippen LogP contribution >= 0.6 is 0 Å². The lowest BCUT2D eigenvalue weighted by atomic mass is 9.94. The summed E-state index contributed by atoms with van der Waals surface area (Å²) < 4.78 is 5.57. The smallest absolute Gasteiger partial charge is 0.0623 e. The summed E-state index contributed by atoms with van der Waals surface area (Å²) in [6.45, 7) is 7.99. The van der Waals surface area contributed by atoms with Crippen molar-refractivity contribution in [3.63, 3.8) is 0 Å². The molecule has 0 aliphatic carbocycles. The van der Waals surface area contributed by atoms with Crippen LogP contribution in [0.3, 0.4) is 0 Å². The maximum Gasteiger partial charge on any atom is 0.0623 e. The first-order valence-corrected chi connectivity index (χ1v) is 6.80. The van der Waals surface area contributed by atoms with E-state index in [0.717, 1.165) is 19.1 Å². The van der Waals surface area contributed by atoms with Gasteiger partial charge in [-0.25, -0.2) is 0 Å². The fourth-order valence-corrected chi connectivity index (χ4v) is 3.08. The Labute approximate surface area is 99.5 Å². The maximum absolute atomic E-state index is 5.57. The minimum Gasteiger partial charge on any atom is -0.379 e. The second kappa shape index (κ2) is 5.99. The molecule has 0 saturated carbocycles. The van der Waals surface area contributed by atoms with Gasteiger partial charge in [-0.05, 0) is 32.4 Å². The van der Waals surface area contributed by atoms with Crippen LogP contribution in [-0.2, 0) is 4.74 Å². The maximum atomic E-state index is 5.57. The molecule has 2 heterocycles. The van der Waals surface area contributed by atoms with Crippen LogP contribution in [-0.4, -0.2) is 50.8 Å². The molecular weight excluding hydrogens is 200 g/mol. The van der Waals surface area contributed by atoms with Gasteiger partial charge in [0.25, 0.3) is 0 Å². The van der Waals surface area contributed by atoms with E-state index >= 15 is 0 Å². The van der Waals surface area contributed by atoms with Crippen LogP contribution in [0.25, 0.3) is 0 Å². The standard InChI is InChI=1S/C13H26N2O/c1-3-11-5-4-6-15(7-11)8-12-9-16-10-13(12)14-2/h11-14H,3-10H2,1-2H3. The fourth-order valence-electron chi connectivity index (χ4n) is 3.08. The van der Waals surface area contributed by atoms with Gasteiger partial charge in [0, 0.05) is 25.0 Å². The topological polar surface area (TPSA) is 24.5 Å². The summed E-state index contributed by atoms with van der Waals surface area (Å²) in [7, 11) is 2.05. The lowest BCUT2D eigenvalue weighted by molar-refractivity contribution is 0.132. The molecule has 3 atom stereocenters. The summed E-state index contributed by atoms with van der Waals surface area (Å²) in [6, 6.07) is 0.571. The van der Waals surface area contributed by atoms with Crippen LogP contribution in [0.4, 0.5) is 0 Å². The normalized spacial score (nSPS) is 36.8. The van der Waals surface area contributed by atoms with Gasteiger partial charge in [0.1, 0.15) is 0 Å². The minimum atomic E-state index is 0.571. The molecule has 0 aromatic heterocycles. The summed E-state index contributed by atoms with van der Waals surface area (Å²) in [5, 5.41) is 3.38. The van der Waals surface area contributed by atoms with Gasteiger partial charge in [0.2, 0.25) is 0 Å². The number of rotatable bonds is 4. The van der Waals surface area contributed by atoms with Crippen molar-refractivity contribution in [3.8, 4) is 0 Å². The molecule has 0 bridgehead atoms. The summed E-state index contributed by atoms with van der Waals surface area (Å²) in [5.41, 5.74) is 0. The van der Waals surface area contributed by atoms with E-state index in [-0.39, 0.29) is 0 Å². The van der Waals surface area contributed by atoms with Crippen LogP contribution < -0.4 is 5.32 Å². The van der Waals surface area contributed by atoms with Gasteiger partial charge >= 0.3 is 0 Å². The van der Waals surface area contributed by atoms with E-state index in [0.29, 0.717) is 12.0 Å². The van der Waals surface area contributed by atoms with Crippen LogP contribution in [0.1, 0.15) is 26.2 Å². The lowest BCUT2D eigenvalue weighted by Crippen LogP contribution is -2.43. The molecule has 0 radical (unpaired) electrons. The van der Waals surface area contributed by atoms with Crippen molar-refractivity contribution in [1.82, 2.24) is 10.2 Å². The highest BCUT2D eigenvalue weighted by atomic mass is 16.5. The molecule has 2 aliphatic rings. The molecule has 2 fully saturated rings. The quantitative estimate of drug-likeness (QED) is 0.783. The number of nitrogens with one attached hydrogen (secondary N) is 1. The van der Waals surface area contributed by atoms with Crippen molar-refractivity contribution < 1.29 is 4.74 Å². The zero-order chi connectivity index (χ0) is 11.4. The van der Waals surface area contributed by atoms with Gasteiger partial charge in [-0.1, -0.05) is 13.3 Å². The second-order valence-corrected chi connectivity index (χ2v) is 5.37. The molecule has 3 unspecified atom stereocenters. The van der Waals surface area contributed by atoms with Crippen LogP contribution in [0.2, 0.25) is 0 Å². The van der Waals surface area contributed by atoms with Crippen molar-refractivity contribution in [2.75, 3.05) is 39.9 Å². The molecule has 2 rings (SSSR count). The van der Waals surface area contributed by atoms with E-state index in [1.165, 1.54) is 38.9 Å². The molecule has 2 aliphatic heterocycles. The Balaban J connectivity index is 1.79. The van der Waals surface area contributed by atoms with Crippen molar-refractivity contribution in [2.24, 2.45) is 11.8 Å². The monoisotopic (exact) mass is 226 g/mol. The SMILES string of the molecule is CCC1CCCN(CC2COCC2NC)C1. The lowest BCUT2D eigenvalue weighted by Gasteiger charge is -2.34. The molecule has 1 N–H and O–H groups in total. The van der Waals surface area contributed by atoms with Crippen molar-refractivity contribution in [2.45, 2.75) is 32.2 Å². The Morgan fingerprint density at radius 2 is 2.25 bits per heavy atom. The van der Waals surface area contributed by atoms with E-state index in [4.69, 9.17) is 4.74 Å². The zero-order valence-electron chi connectivity index (χ0n) is 10.7. The summed E-state index contributed by atoms with van der Waals surface area (Å²) >= 11 is 0. The van der Waals surface area contributed by atoms with Crippen LogP contribution in [0.15, 0.2) is 0 Å².